The van der Waals surface area contributed by atoms with Crippen molar-refractivity contribution in [3.05, 3.63) is 24.2 Å². The Morgan fingerprint density at radius 2 is 2.38 bits per heavy atom. The van der Waals surface area contributed by atoms with Gasteiger partial charge >= 0.3 is 0 Å². The van der Waals surface area contributed by atoms with Gasteiger partial charge in [-0.2, -0.15) is 5.26 Å². The van der Waals surface area contributed by atoms with Crippen LogP contribution in [0, 0.1) is 16.7 Å². The summed E-state index contributed by atoms with van der Waals surface area (Å²) in [6.07, 6.45) is 2.56. The molecule has 0 aromatic carbocycles. The van der Waals surface area contributed by atoms with Crippen molar-refractivity contribution in [2.45, 2.75) is 26.7 Å². The van der Waals surface area contributed by atoms with Gasteiger partial charge in [-0.1, -0.05) is 0 Å². The first-order chi connectivity index (χ1) is 7.53. The summed E-state index contributed by atoms with van der Waals surface area (Å²) in [5.41, 5.74) is -0.514. The van der Waals surface area contributed by atoms with E-state index in [1.54, 1.807) is 26.2 Å². The van der Waals surface area contributed by atoms with Gasteiger partial charge in [-0.3, -0.25) is 4.79 Å². The van der Waals surface area contributed by atoms with Gasteiger partial charge in [0.25, 0.3) is 0 Å². The number of carbonyl (C=O) groups is 1. The molecule has 1 aromatic rings. The second-order valence-corrected chi connectivity index (χ2v) is 4.35. The Morgan fingerprint density at radius 3 is 2.94 bits per heavy atom. The van der Waals surface area contributed by atoms with Gasteiger partial charge in [0.1, 0.15) is 5.76 Å². The molecule has 0 saturated heterocycles. The molecule has 0 aliphatic heterocycles. The molecule has 0 saturated carbocycles. The number of furan rings is 1. The summed E-state index contributed by atoms with van der Waals surface area (Å²) in [4.78, 5) is 11.4. The summed E-state index contributed by atoms with van der Waals surface area (Å²) in [7, 11) is 0. The van der Waals surface area contributed by atoms with Gasteiger partial charge in [-0.25, -0.2) is 0 Å². The molecule has 16 heavy (non-hydrogen) atoms. The first-order valence-corrected chi connectivity index (χ1v) is 5.24. The summed E-state index contributed by atoms with van der Waals surface area (Å²) >= 11 is 0. The Morgan fingerprint density at radius 1 is 1.62 bits per heavy atom. The van der Waals surface area contributed by atoms with Crippen LogP contribution in [-0.2, 0) is 11.2 Å². The first kappa shape index (κ1) is 12.3. The largest absolute Gasteiger partial charge is 0.469 e. The summed E-state index contributed by atoms with van der Waals surface area (Å²) in [5.74, 6) is 0.745. The monoisotopic (exact) mass is 220 g/mol. The van der Waals surface area contributed by atoms with Crippen molar-refractivity contribution in [2.24, 2.45) is 5.41 Å². The Balaban J connectivity index is 2.25. The lowest BCUT2D eigenvalue weighted by Gasteiger charge is -2.15. The number of nitriles is 1. The summed E-state index contributed by atoms with van der Waals surface area (Å²) in [6, 6.07) is 5.77. The van der Waals surface area contributed by atoms with Crippen molar-refractivity contribution >= 4 is 5.91 Å². The highest BCUT2D eigenvalue weighted by molar-refractivity contribution is 5.76. The Bertz CT molecular complexity index is 374. The first-order valence-electron chi connectivity index (χ1n) is 5.24. The number of nitrogens with zero attached hydrogens (tertiary/aromatic N) is 1. The Hall–Kier alpha value is -1.76. The van der Waals surface area contributed by atoms with Gasteiger partial charge in [0.2, 0.25) is 5.91 Å². The molecule has 1 rings (SSSR count). The third-order valence-electron chi connectivity index (χ3n) is 2.21. The average molecular weight is 220 g/mol. The molecule has 0 radical (unpaired) electrons. The molecule has 0 unspecified atom stereocenters. The van der Waals surface area contributed by atoms with Crippen LogP contribution in [-0.4, -0.2) is 12.5 Å². The van der Waals surface area contributed by atoms with Gasteiger partial charge < -0.3 is 9.73 Å². The van der Waals surface area contributed by atoms with E-state index in [9.17, 15) is 4.79 Å². The molecular formula is C12H16N2O2. The molecular weight excluding hydrogens is 204 g/mol. The van der Waals surface area contributed by atoms with E-state index in [0.29, 0.717) is 19.4 Å². The zero-order valence-corrected chi connectivity index (χ0v) is 9.62. The molecule has 0 aliphatic rings. The maximum absolute atomic E-state index is 11.4. The van der Waals surface area contributed by atoms with Crippen LogP contribution in [0.25, 0.3) is 0 Å². The number of nitrogens with one attached hydrogen (secondary N) is 1. The van der Waals surface area contributed by atoms with Crippen LogP contribution in [0.3, 0.4) is 0 Å². The van der Waals surface area contributed by atoms with Crippen molar-refractivity contribution in [2.75, 3.05) is 6.54 Å². The normalized spacial score (nSPS) is 10.8. The minimum atomic E-state index is -0.514. The molecule has 0 aliphatic carbocycles. The minimum absolute atomic E-state index is 0.0558. The molecule has 0 atom stereocenters. The van der Waals surface area contributed by atoms with E-state index in [1.807, 2.05) is 6.07 Å². The van der Waals surface area contributed by atoms with Crippen LogP contribution < -0.4 is 5.32 Å². The Labute approximate surface area is 95.2 Å². The molecule has 4 heteroatoms. The highest BCUT2D eigenvalue weighted by Gasteiger charge is 2.17. The molecule has 0 fully saturated rings. The van der Waals surface area contributed by atoms with Crippen molar-refractivity contribution in [1.29, 1.82) is 5.26 Å². The van der Waals surface area contributed by atoms with Gasteiger partial charge in [0.05, 0.1) is 17.7 Å². The topological polar surface area (TPSA) is 66.0 Å². The second kappa shape index (κ2) is 5.36. The quantitative estimate of drug-likeness (QED) is 0.823. The van der Waals surface area contributed by atoms with Crippen LogP contribution in [0.15, 0.2) is 22.8 Å². The number of rotatable bonds is 5. The van der Waals surface area contributed by atoms with E-state index >= 15 is 0 Å². The van der Waals surface area contributed by atoms with Crippen LogP contribution in [0.2, 0.25) is 0 Å². The lowest BCUT2D eigenvalue weighted by Crippen LogP contribution is -2.33. The SMILES string of the molecule is CC(C)(C#N)CNC(=O)CCc1ccco1. The van der Waals surface area contributed by atoms with Crippen molar-refractivity contribution in [3.63, 3.8) is 0 Å². The molecule has 0 bridgehead atoms. The van der Waals surface area contributed by atoms with E-state index < -0.39 is 5.41 Å². The predicted octanol–water partition coefficient (Wildman–Crippen LogP) is 1.88. The fourth-order valence-corrected chi connectivity index (χ4v) is 1.14. The number of carbonyl (C=O) groups excluding carboxylic acids is 1. The molecule has 86 valence electrons. The molecule has 1 amide bonds. The van der Waals surface area contributed by atoms with E-state index in [4.69, 9.17) is 9.68 Å². The van der Waals surface area contributed by atoms with Crippen LogP contribution >= 0.6 is 0 Å². The maximum atomic E-state index is 11.4. The summed E-state index contributed by atoms with van der Waals surface area (Å²) < 4.78 is 5.12. The maximum Gasteiger partial charge on any atom is 0.220 e. The lowest BCUT2D eigenvalue weighted by molar-refractivity contribution is -0.121. The smallest absolute Gasteiger partial charge is 0.220 e. The highest BCUT2D eigenvalue weighted by Crippen LogP contribution is 2.10. The average Bonchev–Trinajstić information content (AvgIpc) is 2.76. The third kappa shape index (κ3) is 4.18. The van der Waals surface area contributed by atoms with Gasteiger partial charge in [0.15, 0.2) is 0 Å². The van der Waals surface area contributed by atoms with E-state index in [-0.39, 0.29) is 5.91 Å². The second-order valence-electron chi connectivity index (χ2n) is 4.35. The molecule has 4 nitrogen and oxygen atoms in total. The molecule has 0 spiro atoms. The van der Waals surface area contributed by atoms with Crippen LogP contribution in [0.4, 0.5) is 0 Å². The van der Waals surface area contributed by atoms with Crippen LogP contribution in [0.1, 0.15) is 26.0 Å². The summed E-state index contributed by atoms with van der Waals surface area (Å²) in [5, 5.41) is 11.5. The van der Waals surface area contributed by atoms with Gasteiger partial charge in [-0.05, 0) is 26.0 Å². The Kier molecular flexibility index (Phi) is 4.12. The van der Waals surface area contributed by atoms with Crippen molar-refractivity contribution in [1.82, 2.24) is 5.32 Å². The fourth-order valence-electron chi connectivity index (χ4n) is 1.14. The third-order valence-corrected chi connectivity index (χ3v) is 2.21. The number of hydrogen-bond acceptors (Lipinski definition) is 3. The van der Waals surface area contributed by atoms with Gasteiger partial charge in [0, 0.05) is 19.4 Å². The van der Waals surface area contributed by atoms with E-state index in [0.717, 1.165) is 5.76 Å². The predicted molar refractivity (Wildman–Crippen MR) is 59.4 cm³/mol. The fraction of sp³-hybridized carbons (Fsp3) is 0.500. The zero-order chi connectivity index (χ0) is 12.0. The van der Waals surface area contributed by atoms with Crippen molar-refractivity contribution < 1.29 is 9.21 Å². The summed E-state index contributed by atoms with van der Waals surface area (Å²) in [6.45, 7) is 3.96. The zero-order valence-electron chi connectivity index (χ0n) is 9.62. The van der Waals surface area contributed by atoms with Crippen molar-refractivity contribution in [3.8, 4) is 6.07 Å². The van der Waals surface area contributed by atoms with Crippen LogP contribution in [0.5, 0.6) is 0 Å². The van der Waals surface area contributed by atoms with E-state index in [2.05, 4.69) is 11.4 Å². The molecule has 1 aromatic heterocycles. The molecule has 1 heterocycles. The number of amides is 1. The lowest BCUT2D eigenvalue weighted by atomic mass is 9.96. The minimum Gasteiger partial charge on any atom is -0.469 e. The number of hydrogen-bond donors (Lipinski definition) is 1. The number of aryl methyl sites for hydroxylation is 1. The standard InChI is InChI=1S/C12H16N2O2/c1-12(2,8-13)9-14-11(15)6-5-10-4-3-7-16-10/h3-4,7H,5-6,9H2,1-2H3,(H,14,15). The van der Waals surface area contributed by atoms with Gasteiger partial charge in [-0.15, -0.1) is 0 Å². The highest BCUT2D eigenvalue weighted by atomic mass is 16.3. The molecule has 1 N–H and O–H groups in total. The van der Waals surface area contributed by atoms with E-state index in [1.165, 1.54) is 0 Å².